The number of anilines is 1. The predicted octanol–water partition coefficient (Wildman–Crippen LogP) is 1.11. The van der Waals surface area contributed by atoms with Crippen LogP contribution in [0.4, 0.5) is 5.82 Å². The second-order valence-corrected chi connectivity index (χ2v) is 4.99. The van der Waals surface area contributed by atoms with Gasteiger partial charge in [0.15, 0.2) is 0 Å². The zero-order chi connectivity index (χ0) is 13.1. The maximum Gasteiger partial charge on any atom is 0.133 e. The van der Waals surface area contributed by atoms with Crippen molar-refractivity contribution in [3.8, 4) is 0 Å². The van der Waals surface area contributed by atoms with Crippen LogP contribution in [0.25, 0.3) is 0 Å². The van der Waals surface area contributed by atoms with Gasteiger partial charge in [-0.1, -0.05) is 13.8 Å². The van der Waals surface area contributed by atoms with Crippen LogP contribution in [0.1, 0.15) is 31.3 Å². The fraction of sp³-hybridized carbons (Fsp3) is 0.692. The monoisotopic (exact) mass is 251 g/mol. The lowest BCUT2D eigenvalue weighted by atomic mass is 10.2. The maximum atomic E-state index is 9.41. The molecule has 5 nitrogen and oxygen atoms in total. The number of hydrogen-bond donors (Lipinski definition) is 1. The van der Waals surface area contributed by atoms with Gasteiger partial charge in [-0.3, -0.25) is 0 Å². The Bertz CT molecular complexity index is 409. The SMILES string of the molecule is Cc1cc(N2CCOCC2CO)nc(C(C)C)n1. The first kappa shape index (κ1) is 13.2. The number of aromatic nitrogens is 2. The fourth-order valence-corrected chi connectivity index (χ4v) is 2.09. The maximum absolute atomic E-state index is 9.41. The van der Waals surface area contributed by atoms with E-state index in [4.69, 9.17) is 4.74 Å². The van der Waals surface area contributed by atoms with Crippen LogP contribution >= 0.6 is 0 Å². The van der Waals surface area contributed by atoms with Gasteiger partial charge in [-0.25, -0.2) is 9.97 Å². The summed E-state index contributed by atoms with van der Waals surface area (Å²) in [5.41, 5.74) is 0.965. The van der Waals surface area contributed by atoms with E-state index < -0.39 is 0 Å². The fourth-order valence-electron chi connectivity index (χ4n) is 2.09. The minimum atomic E-state index is -0.00642. The number of aliphatic hydroxyl groups is 1. The molecule has 1 aliphatic rings. The first-order chi connectivity index (χ1) is 8.61. The van der Waals surface area contributed by atoms with Gasteiger partial charge in [-0.05, 0) is 6.92 Å². The van der Waals surface area contributed by atoms with E-state index in [1.165, 1.54) is 0 Å². The van der Waals surface area contributed by atoms with Crippen LogP contribution in [0, 0.1) is 6.92 Å². The Kier molecular flexibility index (Phi) is 4.14. The lowest BCUT2D eigenvalue weighted by Gasteiger charge is -2.35. The second-order valence-electron chi connectivity index (χ2n) is 4.99. The normalized spacial score (nSPS) is 20.5. The molecule has 1 aromatic heterocycles. The van der Waals surface area contributed by atoms with Gasteiger partial charge in [-0.15, -0.1) is 0 Å². The molecular formula is C13H21N3O2. The molecule has 2 rings (SSSR count). The summed E-state index contributed by atoms with van der Waals surface area (Å²) in [6.07, 6.45) is 0. The molecule has 0 radical (unpaired) electrons. The first-order valence-electron chi connectivity index (χ1n) is 6.42. The third kappa shape index (κ3) is 2.79. The van der Waals surface area contributed by atoms with Gasteiger partial charge in [0.25, 0.3) is 0 Å². The van der Waals surface area contributed by atoms with E-state index in [-0.39, 0.29) is 12.6 Å². The molecule has 100 valence electrons. The highest BCUT2D eigenvalue weighted by Crippen LogP contribution is 2.20. The molecule has 1 saturated heterocycles. The van der Waals surface area contributed by atoms with E-state index in [0.29, 0.717) is 19.1 Å². The van der Waals surface area contributed by atoms with E-state index in [0.717, 1.165) is 23.9 Å². The van der Waals surface area contributed by atoms with Crippen LogP contribution in [0.2, 0.25) is 0 Å². The summed E-state index contributed by atoms with van der Waals surface area (Å²) in [7, 11) is 0. The molecule has 0 amide bonds. The Morgan fingerprint density at radius 2 is 2.28 bits per heavy atom. The lowest BCUT2D eigenvalue weighted by Crippen LogP contribution is -2.48. The molecule has 0 aromatic carbocycles. The average Bonchev–Trinajstić information content (AvgIpc) is 2.38. The molecule has 0 saturated carbocycles. The van der Waals surface area contributed by atoms with Gasteiger partial charge in [-0.2, -0.15) is 0 Å². The van der Waals surface area contributed by atoms with Crippen molar-refractivity contribution in [2.24, 2.45) is 0 Å². The van der Waals surface area contributed by atoms with Gasteiger partial charge in [0.05, 0.1) is 25.9 Å². The van der Waals surface area contributed by atoms with Gasteiger partial charge in [0.1, 0.15) is 11.6 Å². The minimum absolute atomic E-state index is 0.00642. The standard InChI is InChI=1S/C13H21N3O2/c1-9(2)13-14-10(3)6-12(15-13)16-4-5-18-8-11(16)7-17/h6,9,11,17H,4-5,7-8H2,1-3H3. The van der Waals surface area contributed by atoms with Gasteiger partial charge >= 0.3 is 0 Å². The Morgan fingerprint density at radius 1 is 1.50 bits per heavy atom. The number of hydrogen-bond acceptors (Lipinski definition) is 5. The average molecular weight is 251 g/mol. The van der Waals surface area contributed by atoms with E-state index in [9.17, 15) is 5.11 Å². The van der Waals surface area contributed by atoms with Crippen molar-refractivity contribution >= 4 is 5.82 Å². The van der Waals surface area contributed by atoms with Crippen molar-refractivity contribution in [2.45, 2.75) is 32.7 Å². The number of aryl methyl sites for hydroxylation is 1. The molecule has 0 aliphatic carbocycles. The number of nitrogens with zero attached hydrogens (tertiary/aromatic N) is 3. The Labute approximate surface area is 108 Å². The van der Waals surface area contributed by atoms with Crippen molar-refractivity contribution < 1.29 is 9.84 Å². The molecular weight excluding hydrogens is 230 g/mol. The van der Waals surface area contributed by atoms with Crippen molar-refractivity contribution in [2.75, 3.05) is 31.3 Å². The van der Waals surface area contributed by atoms with Crippen molar-refractivity contribution in [3.05, 3.63) is 17.6 Å². The number of aliphatic hydroxyl groups excluding tert-OH is 1. The summed E-state index contributed by atoms with van der Waals surface area (Å²) in [5.74, 6) is 2.05. The highest BCUT2D eigenvalue weighted by molar-refractivity contribution is 5.42. The summed E-state index contributed by atoms with van der Waals surface area (Å²) in [6.45, 7) is 8.22. The lowest BCUT2D eigenvalue weighted by molar-refractivity contribution is 0.0722. The van der Waals surface area contributed by atoms with Crippen molar-refractivity contribution in [3.63, 3.8) is 0 Å². The van der Waals surface area contributed by atoms with Crippen molar-refractivity contribution in [1.29, 1.82) is 0 Å². The van der Waals surface area contributed by atoms with E-state index >= 15 is 0 Å². The van der Waals surface area contributed by atoms with E-state index in [1.54, 1.807) is 0 Å². The van der Waals surface area contributed by atoms with E-state index in [1.807, 2.05) is 13.0 Å². The third-order valence-corrected chi connectivity index (χ3v) is 3.11. The summed E-state index contributed by atoms with van der Waals surface area (Å²) >= 11 is 0. The first-order valence-corrected chi connectivity index (χ1v) is 6.42. The number of ether oxygens (including phenoxy) is 1. The summed E-state index contributed by atoms with van der Waals surface area (Å²) in [4.78, 5) is 11.2. The molecule has 0 spiro atoms. The predicted molar refractivity (Wildman–Crippen MR) is 69.9 cm³/mol. The molecule has 2 heterocycles. The van der Waals surface area contributed by atoms with Gasteiger partial charge < -0.3 is 14.7 Å². The van der Waals surface area contributed by atoms with Gasteiger partial charge in [0.2, 0.25) is 0 Å². The summed E-state index contributed by atoms with van der Waals surface area (Å²) in [5, 5.41) is 9.41. The summed E-state index contributed by atoms with van der Waals surface area (Å²) < 4.78 is 5.39. The topological polar surface area (TPSA) is 58.5 Å². The largest absolute Gasteiger partial charge is 0.394 e. The molecule has 1 aromatic rings. The Balaban J connectivity index is 2.30. The zero-order valence-corrected chi connectivity index (χ0v) is 11.3. The highest BCUT2D eigenvalue weighted by atomic mass is 16.5. The Hall–Kier alpha value is -1.20. The van der Waals surface area contributed by atoms with Crippen LogP contribution < -0.4 is 4.90 Å². The molecule has 1 unspecified atom stereocenters. The molecule has 0 bridgehead atoms. The molecule has 5 heteroatoms. The zero-order valence-electron chi connectivity index (χ0n) is 11.3. The van der Waals surface area contributed by atoms with Crippen LogP contribution in [0.5, 0.6) is 0 Å². The Morgan fingerprint density at radius 3 is 2.94 bits per heavy atom. The molecule has 1 atom stereocenters. The molecule has 1 aliphatic heterocycles. The number of rotatable bonds is 3. The number of morpholine rings is 1. The second kappa shape index (κ2) is 5.63. The molecule has 1 fully saturated rings. The van der Waals surface area contributed by atoms with Gasteiger partial charge in [0, 0.05) is 24.2 Å². The van der Waals surface area contributed by atoms with E-state index in [2.05, 4.69) is 28.7 Å². The molecule has 18 heavy (non-hydrogen) atoms. The minimum Gasteiger partial charge on any atom is -0.394 e. The van der Waals surface area contributed by atoms with Crippen LogP contribution in [0.15, 0.2) is 6.07 Å². The molecule has 1 N–H and O–H groups in total. The quantitative estimate of drug-likeness (QED) is 0.872. The van der Waals surface area contributed by atoms with Crippen molar-refractivity contribution in [1.82, 2.24) is 9.97 Å². The highest BCUT2D eigenvalue weighted by Gasteiger charge is 2.24. The smallest absolute Gasteiger partial charge is 0.133 e. The summed E-state index contributed by atoms with van der Waals surface area (Å²) in [6, 6.07) is 1.97. The van der Waals surface area contributed by atoms with Crippen LogP contribution in [-0.2, 0) is 4.74 Å². The third-order valence-electron chi connectivity index (χ3n) is 3.11. The van der Waals surface area contributed by atoms with Crippen LogP contribution in [0.3, 0.4) is 0 Å². The van der Waals surface area contributed by atoms with Crippen LogP contribution in [-0.4, -0.2) is 47.5 Å².